The fourth-order valence-electron chi connectivity index (χ4n) is 1.26. The van der Waals surface area contributed by atoms with Crippen molar-refractivity contribution in [3.8, 4) is 0 Å². The molecule has 0 aromatic heterocycles. The van der Waals surface area contributed by atoms with Crippen LogP contribution in [0, 0.1) is 0 Å². The summed E-state index contributed by atoms with van der Waals surface area (Å²) in [5, 5.41) is 18.0. The zero-order valence-corrected chi connectivity index (χ0v) is 9.45. The molecule has 4 N–H and O–H groups in total. The molecule has 1 rings (SSSR count). The molecule has 0 saturated heterocycles. The average molecular weight is 227 g/mol. The molecule has 4 heteroatoms. The van der Waals surface area contributed by atoms with Gasteiger partial charge in [0.25, 0.3) is 0 Å². The van der Waals surface area contributed by atoms with E-state index in [9.17, 15) is 0 Å². The lowest BCUT2D eigenvalue weighted by Gasteiger charge is -2.24. The Labute approximate surface area is 95.3 Å². The second-order valence-corrected chi connectivity index (χ2v) is 4.36. The molecule has 0 aliphatic carbocycles. The first-order valence-electron chi connectivity index (χ1n) is 4.88. The Morgan fingerprint density at radius 2 is 1.67 bits per heavy atom. The average Bonchev–Trinajstić information content (AvgIpc) is 2.28. The maximum atomic E-state index is 9.01. The van der Waals surface area contributed by atoms with E-state index < -0.39 is 5.54 Å². The minimum Gasteiger partial charge on any atom is -0.394 e. The van der Waals surface area contributed by atoms with Crippen molar-refractivity contribution in [3.63, 3.8) is 0 Å². The highest BCUT2D eigenvalue weighted by atomic mass is 32.1. The van der Waals surface area contributed by atoms with Crippen molar-refractivity contribution in [1.82, 2.24) is 0 Å². The summed E-state index contributed by atoms with van der Waals surface area (Å²) in [5.41, 5.74) is 6.01. The summed E-state index contributed by atoms with van der Waals surface area (Å²) < 4.78 is 0. The molecular formula is C11H17NO2S. The molecule has 84 valence electrons. The van der Waals surface area contributed by atoms with E-state index in [1.54, 1.807) is 0 Å². The number of hydrogen-bond acceptors (Lipinski definition) is 4. The van der Waals surface area contributed by atoms with Crippen LogP contribution < -0.4 is 5.73 Å². The molecule has 15 heavy (non-hydrogen) atoms. The quantitative estimate of drug-likeness (QED) is 0.557. The SMILES string of the molecule is NC(CO)(CO)CCc1ccc(S)cc1. The van der Waals surface area contributed by atoms with Gasteiger partial charge in [-0.2, -0.15) is 0 Å². The number of rotatable bonds is 5. The van der Waals surface area contributed by atoms with E-state index >= 15 is 0 Å². The largest absolute Gasteiger partial charge is 0.394 e. The van der Waals surface area contributed by atoms with E-state index in [4.69, 9.17) is 15.9 Å². The predicted octanol–water partition coefficient (Wildman–Crippen LogP) is 0.590. The van der Waals surface area contributed by atoms with E-state index in [2.05, 4.69) is 12.6 Å². The van der Waals surface area contributed by atoms with Gasteiger partial charge in [-0.3, -0.25) is 0 Å². The summed E-state index contributed by atoms with van der Waals surface area (Å²) in [4.78, 5) is 0.919. The molecule has 0 aliphatic rings. The highest BCUT2D eigenvalue weighted by Crippen LogP contribution is 2.13. The molecule has 0 radical (unpaired) electrons. The predicted molar refractivity (Wildman–Crippen MR) is 63.1 cm³/mol. The number of nitrogens with two attached hydrogens (primary N) is 1. The summed E-state index contributed by atoms with van der Waals surface area (Å²) >= 11 is 4.19. The Hall–Kier alpha value is -0.550. The fraction of sp³-hybridized carbons (Fsp3) is 0.455. The summed E-state index contributed by atoms with van der Waals surface area (Å²) in [6.07, 6.45) is 1.30. The third-order valence-corrected chi connectivity index (χ3v) is 2.78. The number of thiol groups is 1. The van der Waals surface area contributed by atoms with Gasteiger partial charge in [0.1, 0.15) is 0 Å². The summed E-state index contributed by atoms with van der Waals surface area (Å²) in [6.45, 7) is -0.400. The molecule has 0 saturated carbocycles. The second-order valence-electron chi connectivity index (χ2n) is 3.85. The molecule has 0 aliphatic heterocycles. The number of hydrogen-bond donors (Lipinski definition) is 4. The minimum atomic E-state index is -0.875. The van der Waals surface area contributed by atoms with Gasteiger partial charge >= 0.3 is 0 Å². The molecule has 0 spiro atoms. The number of aliphatic hydroxyl groups is 2. The molecule has 0 unspecified atom stereocenters. The molecular weight excluding hydrogens is 210 g/mol. The van der Waals surface area contributed by atoms with E-state index in [0.717, 1.165) is 16.9 Å². The second kappa shape index (κ2) is 5.51. The molecule has 3 nitrogen and oxygen atoms in total. The standard InChI is InChI=1S/C11H17NO2S/c12-11(7-13,8-14)6-5-9-1-3-10(15)4-2-9/h1-4,13-15H,5-8,12H2. The van der Waals surface area contributed by atoms with Gasteiger partial charge in [-0.1, -0.05) is 12.1 Å². The van der Waals surface area contributed by atoms with Crippen LogP contribution in [0.4, 0.5) is 0 Å². The Kier molecular flexibility index (Phi) is 4.60. The van der Waals surface area contributed by atoms with Crippen LogP contribution >= 0.6 is 12.6 Å². The van der Waals surface area contributed by atoms with Crippen molar-refractivity contribution < 1.29 is 10.2 Å². The van der Waals surface area contributed by atoms with E-state index in [1.165, 1.54) is 0 Å². The smallest absolute Gasteiger partial charge is 0.0633 e. The Balaban J connectivity index is 2.53. The molecule has 0 fully saturated rings. The van der Waals surface area contributed by atoms with Crippen LogP contribution in [0.3, 0.4) is 0 Å². The first-order chi connectivity index (χ1) is 7.09. The fourth-order valence-corrected chi connectivity index (χ4v) is 1.41. The number of benzene rings is 1. The van der Waals surface area contributed by atoms with Crippen molar-refractivity contribution in [3.05, 3.63) is 29.8 Å². The topological polar surface area (TPSA) is 66.5 Å². The zero-order chi connectivity index (χ0) is 11.3. The van der Waals surface area contributed by atoms with Crippen molar-refractivity contribution in [2.75, 3.05) is 13.2 Å². The van der Waals surface area contributed by atoms with Crippen LogP contribution in [0.15, 0.2) is 29.2 Å². The highest BCUT2D eigenvalue weighted by Gasteiger charge is 2.22. The van der Waals surface area contributed by atoms with Gasteiger partial charge in [0.2, 0.25) is 0 Å². The molecule has 0 amide bonds. The molecule has 1 aromatic carbocycles. The lowest BCUT2D eigenvalue weighted by molar-refractivity contribution is 0.115. The Morgan fingerprint density at radius 1 is 1.13 bits per heavy atom. The summed E-state index contributed by atoms with van der Waals surface area (Å²) in [5.74, 6) is 0. The monoisotopic (exact) mass is 227 g/mol. The molecule has 1 aromatic rings. The first-order valence-corrected chi connectivity index (χ1v) is 5.33. The van der Waals surface area contributed by atoms with Crippen LogP contribution in [-0.4, -0.2) is 29.0 Å². The van der Waals surface area contributed by atoms with Gasteiger partial charge in [-0.05, 0) is 30.5 Å². The van der Waals surface area contributed by atoms with Crippen LogP contribution in [-0.2, 0) is 6.42 Å². The lowest BCUT2D eigenvalue weighted by atomic mass is 9.94. The van der Waals surface area contributed by atoms with Crippen LogP contribution in [0.25, 0.3) is 0 Å². The third kappa shape index (κ3) is 3.83. The van der Waals surface area contributed by atoms with E-state index in [1.807, 2.05) is 24.3 Å². The van der Waals surface area contributed by atoms with Crippen LogP contribution in [0.5, 0.6) is 0 Å². The van der Waals surface area contributed by atoms with Crippen LogP contribution in [0.2, 0.25) is 0 Å². The van der Waals surface area contributed by atoms with Gasteiger partial charge in [-0.15, -0.1) is 12.6 Å². The van der Waals surface area contributed by atoms with Crippen molar-refractivity contribution in [2.45, 2.75) is 23.3 Å². The Morgan fingerprint density at radius 3 is 2.13 bits per heavy atom. The summed E-state index contributed by atoms with van der Waals surface area (Å²) in [6, 6.07) is 7.76. The normalized spacial score (nSPS) is 11.7. The van der Waals surface area contributed by atoms with E-state index in [0.29, 0.717) is 6.42 Å². The summed E-state index contributed by atoms with van der Waals surface area (Å²) in [7, 11) is 0. The minimum absolute atomic E-state index is 0.200. The number of aliphatic hydroxyl groups excluding tert-OH is 2. The lowest BCUT2D eigenvalue weighted by Crippen LogP contribution is -2.47. The maximum Gasteiger partial charge on any atom is 0.0633 e. The molecule has 0 atom stereocenters. The van der Waals surface area contributed by atoms with Crippen LogP contribution in [0.1, 0.15) is 12.0 Å². The third-order valence-electron chi connectivity index (χ3n) is 2.48. The molecule has 0 bridgehead atoms. The van der Waals surface area contributed by atoms with Crippen molar-refractivity contribution in [2.24, 2.45) is 5.73 Å². The van der Waals surface area contributed by atoms with Gasteiger partial charge in [0.15, 0.2) is 0 Å². The van der Waals surface area contributed by atoms with Gasteiger partial charge in [0.05, 0.1) is 18.8 Å². The number of aryl methyl sites for hydroxylation is 1. The first kappa shape index (κ1) is 12.5. The van der Waals surface area contributed by atoms with Crippen molar-refractivity contribution in [1.29, 1.82) is 0 Å². The molecule has 0 heterocycles. The van der Waals surface area contributed by atoms with Gasteiger partial charge < -0.3 is 15.9 Å². The highest BCUT2D eigenvalue weighted by molar-refractivity contribution is 7.80. The van der Waals surface area contributed by atoms with Gasteiger partial charge in [-0.25, -0.2) is 0 Å². The Bertz CT molecular complexity index is 296. The maximum absolute atomic E-state index is 9.01. The van der Waals surface area contributed by atoms with Crippen molar-refractivity contribution >= 4 is 12.6 Å². The van der Waals surface area contributed by atoms with Gasteiger partial charge in [0, 0.05) is 4.90 Å². The van der Waals surface area contributed by atoms with E-state index in [-0.39, 0.29) is 13.2 Å². The zero-order valence-electron chi connectivity index (χ0n) is 8.56.